The Morgan fingerprint density at radius 3 is 2.72 bits per heavy atom. The third-order valence-corrected chi connectivity index (χ3v) is 4.88. The van der Waals surface area contributed by atoms with Crippen LogP contribution in [0.5, 0.6) is 5.75 Å². The molecule has 3 rings (SSSR count). The van der Waals surface area contributed by atoms with E-state index in [1.807, 2.05) is 36.1 Å². The van der Waals surface area contributed by atoms with Crippen molar-refractivity contribution in [3.63, 3.8) is 0 Å². The van der Waals surface area contributed by atoms with Crippen molar-refractivity contribution >= 4 is 17.5 Å². The molecule has 0 bridgehead atoms. The standard InChI is InChI=1S/C18H23ClN4O2/c1-22(13-14-25-16-5-3-15(19)4-6-16)17(24)18(7-10-20-11-8-18)23-12-2-9-21-23/h2-6,9,12,20H,7-8,10-11,13-14H2,1H3. The summed E-state index contributed by atoms with van der Waals surface area (Å²) in [5, 5.41) is 8.34. The number of likely N-dealkylation sites (N-methyl/N-ethyl adjacent to an activating group) is 1. The first-order valence-corrected chi connectivity index (χ1v) is 8.84. The maximum atomic E-state index is 13.2. The lowest BCUT2D eigenvalue weighted by molar-refractivity contribution is -0.142. The Kier molecular flexibility index (Phi) is 5.60. The van der Waals surface area contributed by atoms with E-state index in [-0.39, 0.29) is 5.91 Å². The number of halogens is 1. The number of aromatic nitrogens is 2. The van der Waals surface area contributed by atoms with Crippen molar-refractivity contribution in [1.29, 1.82) is 0 Å². The molecule has 1 aliphatic rings. The average Bonchev–Trinajstić information content (AvgIpc) is 3.18. The van der Waals surface area contributed by atoms with E-state index in [2.05, 4.69) is 10.4 Å². The van der Waals surface area contributed by atoms with Crippen LogP contribution in [0, 0.1) is 0 Å². The fourth-order valence-electron chi connectivity index (χ4n) is 3.19. The number of nitrogens with one attached hydrogen (secondary N) is 1. The van der Waals surface area contributed by atoms with Gasteiger partial charge in [0.2, 0.25) is 0 Å². The molecule has 2 aromatic rings. The number of nitrogens with zero attached hydrogens (tertiary/aromatic N) is 3. The molecule has 0 aliphatic carbocycles. The highest BCUT2D eigenvalue weighted by molar-refractivity contribution is 6.30. The Bertz CT molecular complexity index is 682. The van der Waals surface area contributed by atoms with Gasteiger partial charge in [-0.2, -0.15) is 5.10 Å². The summed E-state index contributed by atoms with van der Waals surface area (Å²) in [7, 11) is 1.82. The molecule has 1 fully saturated rings. The van der Waals surface area contributed by atoms with Crippen molar-refractivity contribution in [3.8, 4) is 5.75 Å². The SMILES string of the molecule is CN(CCOc1ccc(Cl)cc1)C(=O)C1(n2cccn2)CCNCC1. The monoisotopic (exact) mass is 362 g/mol. The Balaban J connectivity index is 1.62. The zero-order valence-electron chi connectivity index (χ0n) is 14.3. The smallest absolute Gasteiger partial charge is 0.250 e. The van der Waals surface area contributed by atoms with Crippen LogP contribution < -0.4 is 10.1 Å². The van der Waals surface area contributed by atoms with E-state index in [1.165, 1.54) is 0 Å². The quantitative estimate of drug-likeness (QED) is 0.855. The number of hydrogen-bond acceptors (Lipinski definition) is 4. The van der Waals surface area contributed by atoms with Gasteiger partial charge >= 0.3 is 0 Å². The molecule has 1 amide bonds. The number of benzene rings is 1. The second kappa shape index (κ2) is 7.89. The van der Waals surface area contributed by atoms with E-state index in [0.29, 0.717) is 18.2 Å². The molecule has 1 N–H and O–H groups in total. The largest absolute Gasteiger partial charge is 0.492 e. The third kappa shape index (κ3) is 3.96. The first-order valence-electron chi connectivity index (χ1n) is 8.47. The van der Waals surface area contributed by atoms with Gasteiger partial charge in [-0.1, -0.05) is 11.6 Å². The Labute approximate surface area is 152 Å². The Hall–Kier alpha value is -2.05. The number of amides is 1. The summed E-state index contributed by atoms with van der Waals surface area (Å²) >= 11 is 5.87. The molecule has 0 saturated carbocycles. The van der Waals surface area contributed by atoms with Crippen LogP contribution in [-0.2, 0) is 10.3 Å². The van der Waals surface area contributed by atoms with Gasteiger partial charge in [0.15, 0.2) is 0 Å². The van der Waals surface area contributed by atoms with Gasteiger partial charge in [0, 0.05) is 24.5 Å². The lowest BCUT2D eigenvalue weighted by atomic mass is 9.87. The average molecular weight is 363 g/mol. The van der Waals surface area contributed by atoms with Crippen LogP contribution in [0.1, 0.15) is 12.8 Å². The highest BCUT2D eigenvalue weighted by Gasteiger charge is 2.43. The number of hydrogen-bond donors (Lipinski definition) is 1. The van der Waals surface area contributed by atoms with Gasteiger partial charge in [-0.05, 0) is 56.3 Å². The summed E-state index contributed by atoms with van der Waals surface area (Å²) in [5.41, 5.74) is -0.607. The van der Waals surface area contributed by atoms with Crippen molar-refractivity contribution in [2.24, 2.45) is 0 Å². The van der Waals surface area contributed by atoms with E-state index >= 15 is 0 Å². The van der Waals surface area contributed by atoms with Gasteiger partial charge < -0.3 is 15.0 Å². The second-order valence-electron chi connectivity index (χ2n) is 6.26. The van der Waals surface area contributed by atoms with E-state index in [1.54, 1.807) is 23.2 Å². The van der Waals surface area contributed by atoms with Crippen LogP contribution in [0.2, 0.25) is 5.02 Å². The van der Waals surface area contributed by atoms with Gasteiger partial charge in [-0.3, -0.25) is 9.48 Å². The number of ether oxygens (including phenoxy) is 1. The fraction of sp³-hybridized carbons (Fsp3) is 0.444. The Morgan fingerprint density at radius 2 is 2.08 bits per heavy atom. The van der Waals surface area contributed by atoms with Crippen molar-refractivity contribution in [2.75, 3.05) is 33.3 Å². The Morgan fingerprint density at radius 1 is 1.36 bits per heavy atom. The first kappa shape index (κ1) is 17.8. The topological polar surface area (TPSA) is 59.4 Å². The minimum absolute atomic E-state index is 0.0809. The number of rotatable bonds is 6. The normalized spacial score (nSPS) is 16.4. The van der Waals surface area contributed by atoms with E-state index in [4.69, 9.17) is 16.3 Å². The molecule has 134 valence electrons. The maximum absolute atomic E-state index is 13.2. The van der Waals surface area contributed by atoms with Crippen LogP contribution in [0.3, 0.4) is 0 Å². The van der Waals surface area contributed by atoms with Crippen LogP contribution in [-0.4, -0.2) is 53.9 Å². The molecule has 0 radical (unpaired) electrons. The zero-order chi connectivity index (χ0) is 17.7. The van der Waals surface area contributed by atoms with E-state index in [9.17, 15) is 4.79 Å². The lowest BCUT2D eigenvalue weighted by Gasteiger charge is -2.39. The highest BCUT2D eigenvalue weighted by Crippen LogP contribution is 2.29. The third-order valence-electron chi connectivity index (χ3n) is 4.63. The summed E-state index contributed by atoms with van der Waals surface area (Å²) in [6.45, 7) is 2.55. The van der Waals surface area contributed by atoms with E-state index < -0.39 is 5.54 Å². The van der Waals surface area contributed by atoms with Crippen LogP contribution in [0.15, 0.2) is 42.7 Å². The molecular formula is C18H23ClN4O2. The van der Waals surface area contributed by atoms with Crippen LogP contribution >= 0.6 is 11.6 Å². The molecule has 6 nitrogen and oxygen atoms in total. The second-order valence-corrected chi connectivity index (χ2v) is 6.70. The predicted molar refractivity (Wildman–Crippen MR) is 96.9 cm³/mol. The molecule has 2 heterocycles. The zero-order valence-corrected chi connectivity index (χ0v) is 15.1. The van der Waals surface area contributed by atoms with Crippen molar-refractivity contribution in [2.45, 2.75) is 18.4 Å². The van der Waals surface area contributed by atoms with Gasteiger partial charge in [-0.25, -0.2) is 0 Å². The summed E-state index contributed by atoms with van der Waals surface area (Å²) in [6, 6.07) is 9.08. The number of piperidine rings is 1. The highest BCUT2D eigenvalue weighted by atomic mass is 35.5. The van der Waals surface area contributed by atoms with Crippen molar-refractivity contribution in [3.05, 3.63) is 47.7 Å². The predicted octanol–water partition coefficient (Wildman–Crippen LogP) is 2.15. The molecule has 1 saturated heterocycles. The number of carbonyl (C=O) groups is 1. The first-order chi connectivity index (χ1) is 12.1. The molecule has 0 spiro atoms. The van der Waals surface area contributed by atoms with Gasteiger partial charge in [-0.15, -0.1) is 0 Å². The minimum atomic E-state index is -0.607. The maximum Gasteiger partial charge on any atom is 0.250 e. The van der Waals surface area contributed by atoms with Gasteiger partial charge in [0.05, 0.1) is 6.54 Å². The van der Waals surface area contributed by atoms with Crippen molar-refractivity contribution < 1.29 is 9.53 Å². The van der Waals surface area contributed by atoms with Crippen LogP contribution in [0.4, 0.5) is 0 Å². The molecule has 1 aromatic heterocycles. The minimum Gasteiger partial charge on any atom is -0.492 e. The molecule has 0 unspecified atom stereocenters. The molecule has 1 aliphatic heterocycles. The molecule has 7 heteroatoms. The van der Waals surface area contributed by atoms with Crippen LogP contribution in [0.25, 0.3) is 0 Å². The number of carbonyl (C=O) groups excluding carboxylic acids is 1. The van der Waals surface area contributed by atoms with E-state index in [0.717, 1.165) is 31.7 Å². The molecule has 0 atom stereocenters. The van der Waals surface area contributed by atoms with Gasteiger partial charge in [0.25, 0.3) is 5.91 Å². The summed E-state index contributed by atoms with van der Waals surface area (Å²) in [4.78, 5) is 14.9. The fourth-order valence-corrected chi connectivity index (χ4v) is 3.32. The summed E-state index contributed by atoms with van der Waals surface area (Å²) in [6.07, 6.45) is 5.06. The molecule has 1 aromatic carbocycles. The molecule has 25 heavy (non-hydrogen) atoms. The van der Waals surface area contributed by atoms with Crippen molar-refractivity contribution in [1.82, 2.24) is 20.0 Å². The molecular weight excluding hydrogens is 340 g/mol. The summed E-state index contributed by atoms with van der Waals surface area (Å²) in [5.74, 6) is 0.825. The lowest BCUT2D eigenvalue weighted by Crippen LogP contribution is -2.55. The van der Waals surface area contributed by atoms with Gasteiger partial charge in [0.1, 0.15) is 17.9 Å². The summed E-state index contributed by atoms with van der Waals surface area (Å²) < 4.78 is 7.52.